The van der Waals surface area contributed by atoms with Gasteiger partial charge in [0, 0.05) is 12.7 Å². The number of nitrogens with one attached hydrogen (secondary N) is 1. The van der Waals surface area contributed by atoms with Gasteiger partial charge in [0.25, 0.3) is 0 Å². The lowest BCUT2D eigenvalue weighted by Crippen LogP contribution is -2.13. The van der Waals surface area contributed by atoms with Crippen LogP contribution in [0.4, 0.5) is 16.2 Å². The SMILES string of the molecule is COc1ccc(F)cc1C(=O)c1cnc(NCCCCN)nc1N. The van der Waals surface area contributed by atoms with Crippen molar-refractivity contribution in [3.05, 3.63) is 41.3 Å². The second kappa shape index (κ2) is 8.21. The van der Waals surface area contributed by atoms with Gasteiger partial charge in [0.2, 0.25) is 11.7 Å². The number of hydrogen-bond acceptors (Lipinski definition) is 7. The Morgan fingerprint density at radius 2 is 2.12 bits per heavy atom. The smallest absolute Gasteiger partial charge is 0.224 e. The molecule has 2 rings (SSSR count). The third-order valence-corrected chi connectivity index (χ3v) is 3.38. The predicted octanol–water partition coefficient (Wildman–Crippen LogP) is 1.59. The molecule has 0 bridgehead atoms. The van der Waals surface area contributed by atoms with E-state index in [9.17, 15) is 9.18 Å². The zero-order valence-electron chi connectivity index (χ0n) is 13.4. The lowest BCUT2D eigenvalue weighted by atomic mass is 10.0. The highest BCUT2D eigenvalue weighted by Gasteiger charge is 2.19. The van der Waals surface area contributed by atoms with Crippen molar-refractivity contribution >= 4 is 17.5 Å². The summed E-state index contributed by atoms with van der Waals surface area (Å²) in [5, 5.41) is 3.00. The van der Waals surface area contributed by atoms with Crippen LogP contribution in [0.15, 0.2) is 24.4 Å². The Morgan fingerprint density at radius 1 is 1.33 bits per heavy atom. The number of carbonyl (C=O) groups is 1. The summed E-state index contributed by atoms with van der Waals surface area (Å²) in [6, 6.07) is 3.69. The van der Waals surface area contributed by atoms with E-state index in [1.54, 1.807) is 0 Å². The molecule has 0 radical (unpaired) electrons. The van der Waals surface area contributed by atoms with E-state index >= 15 is 0 Å². The van der Waals surface area contributed by atoms with Gasteiger partial charge in [-0.15, -0.1) is 0 Å². The van der Waals surface area contributed by atoms with Crippen molar-refractivity contribution in [1.29, 1.82) is 0 Å². The molecule has 0 unspecified atom stereocenters. The summed E-state index contributed by atoms with van der Waals surface area (Å²) in [5.41, 5.74) is 11.4. The summed E-state index contributed by atoms with van der Waals surface area (Å²) in [7, 11) is 1.40. The van der Waals surface area contributed by atoms with Crippen molar-refractivity contribution in [1.82, 2.24) is 9.97 Å². The molecular weight excluding hydrogens is 313 g/mol. The van der Waals surface area contributed by atoms with Crippen LogP contribution < -0.4 is 21.5 Å². The van der Waals surface area contributed by atoms with E-state index in [0.29, 0.717) is 19.0 Å². The van der Waals surface area contributed by atoms with Crippen LogP contribution in [-0.2, 0) is 0 Å². The van der Waals surface area contributed by atoms with Crippen LogP contribution >= 0.6 is 0 Å². The first-order chi connectivity index (χ1) is 11.6. The van der Waals surface area contributed by atoms with Gasteiger partial charge in [-0.3, -0.25) is 4.79 Å². The van der Waals surface area contributed by atoms with Crippen LogP contribution in [0.2, 0.25) is 0 Å². The molecule has 0 aliphatic rings. The summed E-state index contributed by atoms with van der Waals surface area (Å²) < 4.78 is 18.5. The first-order valence-electron chi connectivity index (χ1n) is 7.51. The molecule has 8 heteroatoms. The van der Waals surface area contributed by atoms with E-state index in [1.165, 1.54) is 25.4 Å². The molecule has 1 aromatic heterocycles. The molecule has 5 N–H and O–H groups in total. The number of aromatic nitrogens is 2. The van der Waals surface area contributed by atoms with Crippen molar-refractivity contribution in [2.45, 2.75) is 12.8 Å². The van der Waals surface area contributed by atoms with Gasteiger partial charge >= 0.3 is 0 Å². The molecule has 0 saturated carbocycles. The molecular formula is C16H20FN5O2. The van der Waals surface area contributed by atoms with Crippen LogP contribution in [0, 0.1) is 5.82 Å². The summed E-state index contributed by atoms with van der Waals surface area (Å²) in [6.07, 6.45) is 3.08. The number of benzene rings is 1. The highest BCUT2D eigenvalue weighted by Crippen LogP contribution is 2.24. The van der Waals surface area contributed by atoms with Crippen LogP contribution in [0.3, 0.4) is 0 Å². The predicted molar refractivity (Wildman–Crippen MR) is 89.6 cm³/mol. The number of unbranched alkanes of at least 4 members (excludes halogenated alkanes) is 1. The summed E-state index contributed by atoms with van der Waals surface area (Å²) in [5.74, 6) is -0.449. The van der Waals surface area contributed by atoms with Gasteiger partial charge < -0.3 is 21.5 Å². The molecule has 2 aromatic rings. The molecule has 0 atom stereocenters. The van der Waals surface area contributed by atoms with Crippen molar-refractivity contribution in [2.24, 2.45) is 5.73 Å². The Morgan fingerprint density at radius 3 is 2.79 bits per heavy atom. The van der Waals surface area contributed by atoms with Gasteiger partial charge in [-0.05, 0) is 37.6 Å². The zero-order valence-corrected chi connectivity index (χ0v) is 13.4. The lowest BCUT2D eigenvalue weighted by molar-refractivity contribution is 0.103. The second-order valence-electron chi connectivity index (χ2n) is 5.09. The average molecular weight is 333 g/mol. The maximum atomic E-state index is 13.4. The lowest BCUT2D eigenvalue weighted by Gasteiger charge is -2.10. The van der Waals surface area contributed by atoms with E-state index in [0.717, 1.165) is 18.9 Å². The summed E-state index contributed by atoms with van der Waals surface area (Å²) in [4.78, 5) is 20.7. The topological polar surface area (TPSA) is 116 Å². The van der Waals surface area contributed by atoms with Gasteiger partial charge in [-0.25, -0.2) is 9.37 Å². The number of carbonyl (C=O) groups excluding carboxylic acids is 1. The van der Waals surface area contributed by atoms with Gasteiger partial charge in [0.05, 0.1) is 18.2 Å². The minimum atomic E-state index is -0.545. The largest absolute Gasteiger partial charge is 0.496 e. The number of ketones is 1. The number of halogens is 1. The molecule has 7 nitrogen and oxygen atoms in total. The fourth-order valence-electron chi connectivity index (χ4n) is 2.13. The van der Waals surface area contributed by atoms with Crippen LogP contribution in [-0.4, -0.2) is 36.0 Å². The van der Waals surface area contributed by atoms with Gasteiger partial charge in [-0.2, -0.15) is 4.98 Å². The number of nitrogen functional groups attached to an aromatic ring is 1. The van der Waals surface area contributed by atoms with Crippen LogP contribution in [0.1, 0.15) is 28.8 Å². The number of methoxy groups -OCH3 is 1. The number of ether oxygens (including phenoxy) is 1. The molecule has 0 aliphatic carbocycles. The molecule has 1 heterocycles. The second-order valence-corrected chi connectivity index (χ2v) is 5.09. The molecule has 0 aliphatic heterocycles. The third-order valence-electron chi connectivity index (χ3n) is 3.38. The molecule has 24 heavy (non-hydrogen) atoms. The van der Waals surface area contributed by atoms with E-state index in [-0.39, 0.29) is 22.7 Å². The Kier molecular flexibility index (Phi) is 6.02. The van der Waals surface area contributed by atoms with Gasteiger partial charge in [-0.1, -0.05) is 0 Å². The normalized spacial score (nSPS) is 10.5. The molecule has 0 amide bonds. The Hall–Kier alpha value is -2.74. The number of hydrogen-bond donors (Lipinski definition) is 3. The average Bonchev–Trinajstić information content (AvgIpc) is 2.58. The minimum Gasteiger partial charge on any atom is -0.496 e. The minimum absolute atomic E-state index is 0.0163. The van der Waals surface area contributed by atoms with E-state index < -0.39 is 11.6 Å². The van der Waals surface area contributed by atoms with Crippen LogP contribution in [0.5, 0.6) is 5.75 Å². The zero-order chi connectivity index (χ0) is 17.5. The number of nitrogens with zero attached hydrogens (tertiary/aromatic N) is 2. The Balaban J connectivity index is 2.20. The van der Waals surface area contributed by atoms with E-state index in [2.05, 4.69) is 15.3 Å². The Bertz CT molecular complexity index is 724. The molecule has 1 aromatic carbocycles. The molecule has 0 fully saturated rings. The molecule has 0 saturated heterocycles. The van der Waals surface area contributed by atoms with Crippen LogP contribution in [0.25, 0.3) is 0 Å². The monoisotopic (exact) mass is 333 g/mol. The first-order valence-corrected chi connectivity index (χ1v) is 7.51. The number of rotatable bonds is 8. The van der Waals surface area contributed by atoms with Gasteiger partial charge in [0.1, 0.15) is 17.4 Å². The van der Waals surface area contributed by atoms with Crippen molar-refractivity contribution < 1.29 is 13.9 Å². The maximum absolute atomic E-state index is 13.4. The third kappa shape index (κ3) is 4.17. The van der Waals surface area contributed by atoms with Gasteiger partial charge in [0.15, 0.2) is 0 Å². The molecule has 0 spiro atoms. The molecule has 128 valence electrons. The Labute approximate surface area is 139 Å². The highest BCUT2D eigenvalue weighted by atomic mass is 19.1. The van der Waals surface area contributed by atoms with E-state index in [1.807, 2.05) is 0 Å². The maximum Gasteiger partial charge on any atom is 0.224 e. The quantitative estimate of drug-likeness (QED) is 0.496. The van der Waals surface area contributed by atoms with Crippen molar-refractivity contribution in [3.63, 3.8) is 0 Å². The van der Waals surface area contributed by atoms with Crippen molar-refractivity contribution in [2.75, 3.05) is 31.2 Å². The number of anilines is 2. The summed E-state index contributed by atoms with van der Waals surface area (Å²) in [6.45, 7) is 1.27. The first kappa shape index (κ1) is 17.6. The van der Waals surface area contributed by atoms with Crippen molar-refractivity contribution in [3.8, 4) is 5.75 Å². The standard InChI is InChI=1S/C16H20FN5O2/c1-24-13-5-4-10(17)8-11(13)14(23)12-9-21-16(22-15(12)19)20-7-3-2-6-18/h4-5,8-9H,2-3,6-7,18H2,1H3,(H3,19,20,21,22). The fraction of sp³-hybridized carbons (Fsp3) is 0.312. The highest BCUT2D eigenvalue weighted by molar-refractivity contribution is 6.13. The fourth-order valence-corrected chi connectivity index (χ4v) is 2.13. The van der Waals surface area contributed by atoms with E-state index in [4.69, 9.17) is 16.2 Å². The number of nitrogens with two attached hydrogens (primary N) is 2. The summed E-state index contributed by atoms with van der Waals surface area (Å²) >= 11 is 0.